The van der Waals surface area contributed by atoms with Crippen molar-refractivity contribution in [3.05, 3.63) is 48.4 Å². The Balaban J connectivity index is 2.44. The Morgan fingerprint density at radius 1 is 1.00 bits per heavy atom. The first-order valence-corrected chi connectivity index (χ1v) is 5.62. The molecule has 0 amide bonds. The third kappa shape index (κ3) is 1.43. The lowest BCUT2D eigenvalue weighted by Crippen LogP contribution is -1.92. The van der Waals surface area contributed by atoms with Crippen LogP contribution in [0.1, 0.15) is 5.56 Å². The maximum Gasteiger partial charge on any atom is 0.145 e. The lowest BCUT2D eigenvalue weighted by atomic mass is 10.0. The number of fused-ring (bicyclic) bond motifs is 1. The van der Waals surface area contributed by atoms with Gasteiger partial charge in [-0.25, -0.2) is 4.98 Å². The van der Waals surface area contributed by atoms with Gasteiger partial charge in [-0.05, 0) is 30.7 Å². The van der Waals surface area contributed by atoms with Crippen molar-refractivity contribution in [2.24, 2.45) is 0 Å². The highest BCUT2D eigenvalue weighted by Crippen LogP contribution is 2.40. The molecule has 3 aromatic rings. The number of benzene rings is 1. The van der Waals surface area contributed by atoms with Crippen LogP contribution < -0.4 is 0 Å². The molecule has 0 saturated carbocycles. The smallest absolute Gasteiger partial charge is 0.145 e. The maximum absolute atomic E-state index is 9.97. The summed E-state index contributed by atoms with van der Waals surface area (Å²) in [6.45, 7) is 1.93. The molecule has 0 aliphatic carbocycles. The largest absolute Gasteiger partial charge is 0.507 e. The quantitative estimate of drug-likeness (QED) is 0.687. The number of phenols is 2. The van der Waals surface area contributed by atoms with Crippen LogP contribution in [0.25, 0.3) is 16.8 Å². The molecule has 0 saturated heterocycles. The molecule has 0 atom stereocenters. The summed E-state index contributed by atoms with van der Waals surface area (Å²) in [7, 11) is 0. The van der Waals surface area contributed by atoms with Crippen molar-refractivity contribution in [3.8, 4) is 22.6 Å². The van der Waals surface area contributed by atoms with Crippen molar-refractivity contribution in [1.29, 1.82) is 0 Å². The van der Waals surface area contributed by atoms with Crippen LogP contribution in [-0.4, -0.2) is 19.6 Å². The van der Waals surface area contributed by atoms with Crippen LogP contribution in [0.2, 0.25) is 0 Å². The number of hydrogen-bond donors (Lipinski definition) is 2. The normalized spacial score (nSPS) is 10.9. The van der Waals surface area contributed by atoms with Gasteiger partial charge in [-0.2, -0.15) is 0 Å². The van der Waals surface area contributed by atoms with E-state index in [2.05, 4.69) is 4.98 Å². The summed E-state index contributed by atoms with van der Waals surface area (Å²) < 4.78 is 1.86. The van der Waals surface area contributed by atoms with Gasteiger partial charge in [-0.1, -0.05) is 6.07 Å². The topological polar surface area (TPSA) is 57.8 Å². The molecular formula is C14H12N2O2. The van der Waals surface area contributed by atoms with Crippen molar-refractivity contribution in [2.45, 2.75) is 6.92 Å². The first kappa shape index (κ1) is 10.7. The molecule has 2 N–H and O–H groups in total. The number of phenolic OH excluding ortho intramolecular Hbond substituents is 2. The van der Waals surface area contributed by atoms with Crippen molar-refractivity contribution < 1.29 is 10.2 Å². The second-order valence-corrected chi connectivity index (χ2v) is 4.20. The molecule has 2 aromatic heterocycles. The van der Waals surface area contributed by atoms with Gasteiger partial charge in [0.25, 0.3) is 0 Å². The fraction of sp³-hybridized carbons (Fsp3) is 0.0714. The van der Waals surface area contributed by atoms with Gasteiger partial charge in [0.15, 0.2) is 0 Å². The molecule has 18 heavy (non-hydrogen) atoms. The molecule has 0 aliphatic rings. The van der Waals surface area contributed by atoms with E-state index in [0.29, 0.717) is 11.2 Å². The van der Waals surface area contributed by atoms with Crippen LogP contribution in [0.3, 0.4) is 0 Å². The maximum atomic E-state index is 9.97. The molecule has 90 valence electrons. The molecule has 1 aromatic carbocycles. The van der Waals surface area contributed by atoms with Gasteiger partial charge >= 0.3 is 0 Å². The molecule has 0 aliphatic heterocycles. The first-order valence-electron chi connectivity index (χ1n) is 5.62. The van der Waals surface area contributed by atoms with E-state index >= 15 is 0 Å². The van der Waals surface area contributed by atoms with Crippen LogP contribution in [0, 0.1) is 6.92 Å². The molecule has 3 rings (SSSR count). The molecule has 0 spiro atoms. The van der Waals surface area contributed by atoms with Crippen molar-refractivity contribution >= 4 is 5.65 Å². The molecule has 0 radical (unpaired) electrons. The number of aryl methyl sites for hydroxylation is 1. The van der Waals surface area contributed by atoms with Gasteiger partial charge in [-0.15, -0.1) is 0 Å². The summed E-state index contributed by atoms with van der Waals surface area (Å²) in [6.07, 6.45) is 5.42. The summed E-state index contributed by atoms with van der Waals surface area (Å²) in [4.78, 5) is 4.28. The van der Waals surface area contributed by atoms with Gasteiger partial charge in [0.1, 0.15) is 17.1 Å². The zero-order valence-electron chi connectivity index (χ0n) is 9.83. The fourth-order valence-corrected chi connectivity index (χ4v) is 2.17. The van der Waals surface area contributed by atoms with Crippen LogP contribution >= 0.6 is 0 Å². The van der Waals surface area contributed by atoms with Crippen LogP contribution in [-0.2, 0) is 0 Å². The Kier molecular flexibility index (Phi) is 2.23. The highest BCUT2D eigenvalue weighted by atomic mass is 16.3. The third-order valence-corrected chi connectivity index (χ3v) is 3.04. The Labute approximate surface area is 104 Å². The van der Waals surface area contributed by atoms with Crippen molar-refractivity contribution in [2.75, 3.05) is 0 Å². The number of nitrogens with zero attached hydrogens (tertiary/aromatic N) is 2. The Morgan fingerprint density at radius 2 is 1.72 bits per heavy atom. The van der Waals surface area contributed by atoms with Gasteiger partial charge in [0.05, 0.1) is 5.56 Å². The molecule has 4 heteroatoms. The first-order chi connectivity index (χ1) is 8.68. The second-order valence-electron chi connectivity index (χ2n) is 4.20. The van der Waals surface area contributed by atoms with E-state index in [0.717, 1.165) is 11.1 Å². The van der Waals surface area contributed by atoms with Crippen molar-refractivity contribution in [1.82, 2.24) is 9.38 Å². The van der Waals surface area contributed by atoms with E-state index in [-0.39, 0.29) is 11.5 Å². The number of imidazole rings is 1. The van der Waals surface area contributed by atoms with E-state index in [1.165, 1.54) is 0 Å². The average molecular weight is 240 g/mol. The number of hydrogen-bond acceptors (Lipinski definition) is 3. The molecule has 0 fully saturated rings. The van der Waals surface area contributed by atoms with E-state index < -0.39 is 0 Å². The number of pyridine rings is 1. The average Bonchev–Trinajstić information content (AvgIpc) is 2.79. The van der Waals surface area contributed by atoms with Gasteiger partial charge in [-0.3, -0.25) is 0 Å². The third-order valence-electron chi connectivity index (χ3n) is 3.04. The number of aromatic nitrogens is 2. The zero-order chi connectivity index (χ0) is 12.7. The summed E-state index contributed by atoms with van der Waals surface area (Å²) in [6, 6.07) is 6.65. The van der Waals surface area contributed by atoms with E-state index in [1.54, 1.807) is 24.4 Å². The van der Waals surface area contributed by atoms with Crippen LogP contribution in [0.15, 0.2) is 42.9 Å². The lowest BCUT2D eigenvalue weighted by molar-refractivity contribution is 0.454. The van der Waals surface area contributed by atoms with Crippen molar-refractivity contribution in [3.63, 3.8) is 0 Å². The molecule has 0 unspecified atom stereocenters. The Morgan fingerprint density at radius 3 is 2.44 bits per heavy atom. The van der Waals surface area contributed by atoms with E-state index in [9.17, 15) is 10.2 Å². The Hall–Kier alpha value is -2.49. The molecule has 2 heterocycles. The predicted molar refractivity (Wildman–Crippen MR) is 68.7 cm³/mol. The predicted octanol–water partition coefficient (Wildman–Crippen LogP) is 2.72. The van der Waals surface area contributed by atoms with E-state index in [4.69, 9.17) is 0 Å². The highest BCUT2D eigenvalue weighted by molar-refractivity contribution is 5.87. The van der Waals surface area contributed by atoms with Crippen LogP contribution in [0.4, 0.5) is 0 Å². The van der Waals surface area contributed by atoms with Gasteiger partial charge in [0, 0.05) is 24.2 Å². The highest BCUT2D eigenvalue weighted by Gasteiger charge is 2.16. The molecular weight excluding hydrogens is 228 g/mol. The fourth-order valence-electron chi connectivity index (χ4n) is 2.17. The summed E-state index contributed by atoms with van der Waals surface area (Å²) in [5.74, 6) is 0.100. The second kappa shape index (κ2) is 3.77. The SMILES string of the molecule is Cc1ccn2ccnc2c1-c1c(O)cccc1O. The minimum Gasteiger partial charge on any atom is -0.507 e. The number of rotatable bonds is 1. The summed E-state index contributed by atoms with van der Waals surface area (Å²) in [5.41, 5.74) is 2.84. The van der Waals surface area contributed by atoms with Crippen LogP contribution in [0.5, 0.6) is 11.5 Å². The summed E-state index contributed by atoms with van der Waals surface area (Å²) in [5, 5.41) is 19.9. The number of aromatic hydroxyl groups is 2. The summed E-state index contributed by atoms with van der Waals surface area (Å²) >= 11 is 0. The van der Waals surface area contributed by atoms with E-state index in [1.807, 2.05) is 29.8 Å². The minimum atomic E-state index is 0.0502. The standard InChI is InChI=1S/C14H12N2O2/c1-9-5-7-16-8-6-15-14(16)12(9)13-10(17)3-2-4-11(13)18/h2-8,17-18H,1H3. The molecule has 4 nitrogen and oxygen atoms in total. The minimum absolute atomic E-state index is 0.0502. The monoisotopic (exact) mass is 240 g/mol. The van der Waals surface area contributed by atoms with Gasteiger partial charge < -0.3 is 14.6 Å². The zero-order valence-corrected chi connectivity index (χ0v) is 9.83. The molecule has 0 bridgehead atoms. The lowest BCUT2D eigenvalue weighted by Gasteiger charge is -2.11. The van der Waals surface area contributed by atoms with Gasteiger partial charge in [0.2, 0.25) is 0 Å². The Bertz CT molecular complexity index is 711.